The van der Waals surface area contributed by atoms with Crippen LogP contribution in [-0.4, -0.2) is 22.8 Å². The van der Waals surface area contributed by atoms with Gasteiger partial charge in [-0.15, -0.1) is 0 Å². The Bertz CT molecular complexity index is 365. The predicted octanol–water partition coefficient (Wildman–Crippen LogP) is 2.52. The highest BCUT2D eigenvalue weighted by Gasteiger charge is 2.14. The zero-order valence-corrected chi connectivity index (χ0v) is 11.7. The van der Waals surface area contributed by atoms with Gasteiger partial charge in [-0.05, 0) is 16.7 Å². The van der Waals surface area contributed by atoms with E-state index in [4.69, 9.17) is 5.73 Å². The Morgan fingerprint density at radius 2 is 1.74 bits per heavy atom. The molecule has 0 bridgehead atoms. The fraction of sp³-hybridized carbons (Fsp3) is 0.769. The summed E-state index contributed by atoms with van der Waals surface area (Å²) >= 11 is 0. The van der Waals surface area contributed by atoms with Gasteiger partial charge in [0.05, 0.1) is 0 Å². The quantitative estimate of drug-likeness (QED) is 0.636. The number of nitrogen functional groups attached to an aromatic ring is 1. The average Bonchev–Trinajstić information content (AvgIpc) is 2.83. The molecule has 1 amide bonds. The second-order valence-corrected chi connectivity index (χ2v) is 4.73. The van der Waals surface area contributed by atoms with Crippen molar-refractivity contribution in [3.05, 3.63) is 5.69 Å². The minimum atomic E-state index is -0.318. The third-order valence-electron chi connectivity index (χ3n) is 3.04. The molecule has 1 heterocycles. The van der Waals surface area contributed by atoms with Crippen LogP contribution in [0.25, 0.3) is 0 Å². The number of nitrogens with zero attached hydrogens (tertiary/aromatic N) is 2. The molecule has 1 aromatic rings. The molecular formula is C13H24N4O2. The van der Waals surface area contributed by atoms with Gasteiger partial charge < -0.3 is 11.1 Å². The lowest BCUT2D eigenvalue weighted by molar-refractivity contribution is 0.0943. The van der Waals surface area contributed by atoms with Gasteiger partial charge in [0, 0.05) is 6.54 Å². The minimum absolute atomic E-state index is 0.0356. The maximum absolute atomic E-state index is 11.6. The second kappa shape index (κ2) is 9.35. The smallest absolute Gasteiger partial charge is 0.277 e. The van der Waals surface area contributed by atoms with Crippen molar-refractivity contribution in [2.24, 2.45) is 0 Å². The number of amides is 1. The van der Waals surface area contributed by atoms with E-state index < -0.39 is 0 Å². The van der Waals surface area contributed by atoms with Crippen molar-refractivity contribution >= 4 is 11.7 Å². The maximum atomic E-state index is 11.6. The molecule has 0 atom stereocenters. The molecule has 0 aliphatic heterocycles. The van der Waals surface area contributed by atoms with Gasteiger partial charge in [-0.3, -0.25) is 4.79 Å². The van der Waals surface area contributed by atoms with Crippen LogP contribution in [0.15, 0.2) is 4.63 Å². The first-order valence-electron chi connectivity index (χ1n) is 7.12. The molecule has 19 heavy (non-hydrogen) atoms. The van der Waals surface area contributed by atoms with Crippen molar-refractivity contribution in [2.45, 2.75) is 58.3 Å². The Morgan fingerprint density at radius 3 is 2.32 bits per heavy atom. The van der Waals surface area contributed by atoms with Crippen LogP contribution < -0.4 is 11.1 Å². The molecule has 1 rings (SSSR count). The van der Waals surface area contributed by atoms with Gasteiger partial charge in [0.25, 0.3) is 5.91 Å². The molecule has 0 aromatic carbocycles. The van der Waals surface area contributed by atoms with Crippen LogP contribution in [0.4, 0.5) is 5.82 Å². The fourth-order valence-electron chi connectivity index (χ4n) is 1.90. The molecular weight excluding hydrogens is 244 g/mol. The van der Waals surface area contributed by atoms with Crippen molar-refractivity contribution in [2.75, 3.05) is 12.3 Å². The molecule has 0 fully saturated rings. The molecule has 0 unspecified atom stereocenters. The molecule has 0 saturated heterocycles. The van der Waals surface area contributed by atoms with E-state index in [0.29, 0.717) is 6.54 Å². The standard InChI is InChI=1S/C13H24N4O2/c1-2-3-4-5-6-7-8-9-10-15-13(18)11-12(14)17-19-16-11/h2-10H2,1H3,(H2,14,17)(H,15,18). The second-order valence-electron chi connectivity index (χ2n) is 4.73. The third kappa shape index (κ3) is 6.22. The first kappa shape index (κ1) is 15.5. The van der Waals surface area contributed by atoms with E-state index >= 15 is 0 Å². The summed E-state index contributed by atoms with van der Waals surface area (Å²) < 4.78 is 4.37. The van der Waals surface area contributed by atoms with Gasteiger partial charge in [0.15, 0.2) is 0 Å². The zero-order valence-electron chi connectivity index (χ0n) is 11.7. The molecule has 0 aliphatic rings. The molecule has 108 valence electrons. The van der Waals surface area contributed by atoms with Crippen LogP contribution in [0.2, 0.25) is 0 Å². The number of unbranched alkanes of at least 4 members (excludes halogenated alkanes) is 7. The van der Waals surface area contributed by atoms with Gasteiger partial charge in [-0.1, -0.05) is 51.9 Å². The first-order chi connectivity index (χ1) is 9.25. The highest BCUT2D eigenvalue weighted by molar-refractivity contribution is 5.95. The van der Waals surface area contributed by atoms with Gasteiger partial charge >= 0.3 is 0 Å². The van der Waals surface area contributed by atoms with Crippen molar-refractivity contribution < 1.29 is 9.42 Å². The number of carbonyl (C=O) groups is 1. The lowest BCUT2D eigenvalue weighted by Gasteiger charge is -2.03. The summed E-state index contributed by atoms with van der Waals surface area (Å²) in [5.41, 5.74) is 5.49. The summed E-state index contributed by atoms with van der Waals surface area (Å²) in [7, 11) is 0. The van der Waals surface area contributed by atoms with Crippen LogP contribution >= 0.6 is 0 Å². The molecule has 0 radical (unpaired) electrons. The number of rotatable bonds is 10. The summed E-state index contributed by atoms with van der Waals surface area (Å²) in [6.07, 6.45) is 9.91. The number of anilines is 1. The molecule has 1 aromatic heterocycles. The van der Waals surface area contributed by atoms with E-state index in [9.17, 15) is 4.79 Å². The van der Waals surface area contributed by atoms with Crippen LogP contribution in [0.1, 0.15) is 68.8 Å². The molecule has 0 aliphatic carbocycles. The van der Waals surface area contributed by atoms with Crippen LogP contribution in [0.5, 0.6) is 0 Å². The van der Waals surface area contributed by atoms with E-state index in [-0.39, 0.29) is 17.4 Å². The largest absolute Gasteiger partial charge is 0.379 e. The normalized spacial score (nSPS) is 10.6. The van der Waals surface area contributed by atoms with Crippen LogP contribution in [-0.2, 0) is 0 Å². The lowest BCUT2D eigenvalue weighted by Crippen LogP contribution is -2.25. The monoisotopic (exact) mass is 268 g/mol. The highest BCUT2D eigenvalue weighted by atomic mass is 16.6. The van der Waals surface area contributed by atoms with E-state index in [2.05, 4.69) is 27.2 Å². The van der Waals surface area contributed by atoms with E-state index in [1.807, 2.05) is 0 Å². The topological polar surface area (TPSA) is 94.0 Å². The van der Waals surface area contributed by atoms with E-state index in [1.165, 1.54) is 38.5 Å². The Labute approximate surface area is 114 Å². The molecule has 6 heteroatoms. The Kier molecular flexibility index (Phi) is 7.62. The van der Waals surface area contributed by atoms with Gasteiger partial charge in [0.1, 0.15) is 0 Å². The Morgan fingerprint density at radius 1 is 1.11 bits per heavy atom. The Balaban J connectivity index is 1.96. The third-order valence-corrected chi connectivity index (χ3v) is 3.04. The number of hydrogen-bond donors (Lipinski definition) is 2. The van der Waals surface area contributed by atoms with Gasteiger partial charge in [0.2, 0.25) is 11.5 Å². The van der Waals surface area contributed by atoms with Crippen LogP contribution in [0.3, 0.4) is 0 Å². The highest BCUT2D eigenvalue weighted by Crippen LogP contribution is 2.08. The van der Waals surface area contributed by atoms with Gasteiger partial charge in [-0.2, -0.15) is 0 Å². The maximum Gasteiger partial charge on any atom is 0.277 e. The molecule has 0 saturated carbocycles. The van der Waals surface area contributed by atoms with Crippen molar-refractivity contribution in [3.63, 3.8) is 0 Å². The Hall–Kier alpha value is -1.59. The minimum Gasteiger partial charge on any atom is -0.379 e. The molecule has 3 N–H and O–H groups in total. The number of carbonyl (C=O) groups excluding carboxylic acids is 1. The number of aromatic nitrogens is 2. The number of nitrogens with one attached hydrogen (secondary N) is 1. The molecule has 6 nitrogen and oxygen atoms in total. The lowest BCUT2D eigenvalue weighted by atomic mass is 10.1. The number of hydrogen-bond acceptors (Lipinski definition) is 5. The van der Waals surface area contributed by atoms with Crippen molar-refractivity contribution in [1.29, 1.82) is 0 Å². The zero-order chi connectivity index (χ0) is 13.9. The van der Waals surface area contributed by atoms with E-state index in [0.717, 1.165) is 12.8 Å². The summed E-state index contributed by atoms with van der Waals surface area (Å²) in [5, 5.41) is 9.57. The van der Waals surface area contributed by atoms with Crippen LogP contribution in [0, 0.1) is 0 Å². The van der Waals surface area contributed by atoms with Crippen molar-refractivity contribution in [3.8, 4) is 0 Å². The summed E-state index contributed by atoms with van der Waals surface area (Å²) in [6, 6.07) is 0. The number of nitrogens with two attached hydrogens (primary N) is 1. The summed E-state index contributed by atoms with van der Waals surface area (Å²) in [4.78, 5) is 11.6. The van der Waals surface area contributed by atoms with E-state index in [1.54, 1.807) is 0 Å². The SMILES string of the molecule is CCCCCCCCCCNC(=O)c1nonc1N. The summed E-state index contributed by atoms with van der Waals surface area (Å²) in [6.45, 7) is 2.86. The fourth-order valence-corrected chi connectivity index (χ4v) is 1.90. The van der Waals surface area contributed by atoms with Gasteiger partial charge in [-0.25, -0.2) is 4.63 Å². The average molecular weight is 268 g/mol. The first-order valence-corrected chi connectivity index (χ1v) is 7.12. The molecule has 0 spiro atoms. The predicted molar refractivity (Wildman–Crippen MR) is 73.7 cm³/mol. The summed E-state index contributed by atoms with van der Waals surface area (Å²) in [5.74, 6) is -0.282. The van der Waals surface area contributed by atoms with Crippen molar-refractivity contribution in [1.82, 2.24) is 15.6 Å².